The van der Waals surface area contributed by atoms with Crippen molar-refractivity contribution >= 4 is 29.1 Å². The first kappa shape index (κ1) is 19.4. The molecule has 7 nitrogen and oxygen atoms in total. The van der Waals surface area contributed by atoms with Crippen LogP contribution in [0.5, 0.6) is 5.75 Å². The van der Waals surface area contributed by atoms with Crippen molar-refractivity contribution in [3.8, 4) is 5.75 Å². The molecule has 8 heteroatoms. The molecule has 27 heavy (non-hydrogen) atoms. The van der Waals surface area contributed by atoms with Gasteiger partial charge in [0.2, 0.25) is 5.95 Å². The largest absolute Gasteiger partial charge is 0.495 e. The Morgan fingerprint density at radius 2 is 1.96 bits per heavy atom. The van der Waals surface area contributed by atoms with E-state index in [2.05, 4.69) is 27.1 Å². The predicted molar refractivity (Wildman–Crippen MR) is 106 cm³/mol. The summed E-state index contributed by atoms with van der Waals surface area (Å²) in [4.78, 5) is 25.9. The Bertz CT molecular complexity index is 822. The first-order chi connectivity index (χ1) is 13.0. The number of anilines is 2. The second kappa shape index (κ2) is 8.54. The van der Waals surface area contributed by atoms with E-state index in [-0.39, 0.29) is 5.91 Å². The van der Waals surface area contributed by atoms with Gasteiger partial charge in [-0.05, 0) is 37.7 Å². The molecule has 0 bridgehead atoms. The molecule has 1 saturated heterocycles. The normalized spacial score (nSPS) is 14.9. The van der Waals surface area contributed by atoms with Crippen molar-refractivity contribution in [1.82, 2.24) is 19.8 Å². The highest BCUT2D eigenvalue weighted by molar-refractivity contribution is 6.31. The number of carbonyl (C=O) groups excluding carboxylic acids is 1. The second-order valence-electron chi connectivity index (χ2n) is 6.41. The van der Waals surface area contributed by atoms with Gasteiger partial charge in [0.25, 0.3) is 5.91 Å². The zero-order valence-electron chi connectivity index (χ0n) is 15.8. The summed E-state index contributed by atoms with van der Waals surface area (Å²) in [6.07, 6.45) is 0. The van der Waals surface area contributed by atoms with Crippen LogP contribution in [0, 0.1) is 6.92 Å². The van der Waals surface area contributed by atoms with Crippen LogP contribution in [0.1, 0.15) is 23.1 Å². The lowest BCUT2D eigenvalue weighted by atomic mass is 10.2. The molecule has 1 aromatic heterocycles. The maximum atomic E-state index is 12.9. The van der Waals surface area contributed by atoms with Crippen LogP contribution in [0.2, 0.25) is 5.02 Å². The minimum absolute atomic E-state index is 0.0719. The topological polar surface area (TPSA) is 70.6 Å². The van der Waals surface area contributed by atoms with Gasteiger partial charge in [0.15, 0.2) is 0 Å². The van der Waals surface area contributed by atoms with Gasteiger partial charge in [-0.2, -0.15) is 0 Å². The molecule has 1 amide bonds. The van der Waals surface area contributed by atoms with Crippen molar-refractivity contribution in [3.63, 3.8) is 0 Å². The van der Waals surface area contributed by atoms with Crippen LogP contribution in [0.15, 0.2) is 24.3 Å². The minimum atomic E-state index is -0.0719. The lowest BCUT2D eigenvalue weighted by molar-refractivity contribution is 0.0637. The van der Waals surface area contributed by atoms with E-state index in [1.54, 1.807) is 31.4 Å². The van der Waals surface area contributed by atoms with Gasteiger partial charge >= 0.3 is 0 Å². The van der Waals surface area contributed by atoms with Crippen LogP contribution in [0.4, 0.5) is 11.6 Å². The highest BCUT2D eigenvalue weighted by Gasteiger charge is 2.23. The number of nitrogens with zero attached hydrogens (tertiary/aromatic N) is 4. The van der Waals surface area contributed by atoms with Crippen molar-refractivity contribution in [2.45, 2.75) is 13.8 Å². The average Bonchev–Trinajstić information content (AvgIpc) is 2.67. The first-order valence-corrected chi connectivity index (χ1v) is 9.36. The zero-order valence-corrected chi connectivity index (χ0v) is 16.6. The Balaban J connectivity index is 1.80. The van der Waals surface area contributed by atoms with Crippen LogP contribution >= 0.6 is 11.6 Å². The van der Waals surface area contributed by atoms with E-state index in [0.29, 0.717) is 46.9 Å². The van der Waals surface area contributed by atoms with E-state index >= 15 is 0 Å². The number of methoxy groups -OCH3 is 1. The molecule has 2 aromatic rings. The highest BCUT2D eigenvalue weighted by atomic mass is 35.5. The Morgan fingerprint density at radius 1 is 1.22 bits per heavy atom. The van der Waals surface area contributed by atoms with E-state index in [0.717, 1.165) is 19.6 Å². The summed E-state index contributed by atoms with van der Waals surface area (Å²) >= 11 is 6.08. The van der Waals surface area contributed by atoms with Crippen molar-refractivity contribution in [1.29, 1.82) is 0 Å². The van der Waals surface area contributed by atoms with Crippen molar-refractivity contribution in [2.24, 2.45) is 0 Å². The molecule has 0 spiro atoms. The molecule has 3 rings (SSSR count). The van der Waals surface area contributed by atoms with Gasteiger partial charge in [-0.3, -0.25) is 4.79 Å². The number of ether oxygens (including phenoxy) is 1. The number of benzene rings is 1. The first-order valence-electron chi connectivity index (χ1n) is 8.98. The fourth-order valence-electron chi connectivity index (χ4n) is 3.06. The third-order valence-electron chi connectivity index (χ3n) is 4.59. The number of aryl methyl sites for hydroxylation is 1. The van der Waals surface area contributed by atoms with Crippen molar-refractivity contribution in [2.75, 3.05) is 45.2 Å². The smallest absolute Gasteiger partial charge is 0.272 e. The monoisotopic (exact) mass is 389 g/mol. The Kier molecular flexibility index (Phi) is 6.13. The Hall–Kier alpha value is -2.38. The van der Waals surface area contributed by atoms with Crippen molar-refractivity contribution in [3.05, 3.63) is 40.7 Å². The molecular formula is C19H24ClN5O2. The molecule has 0 unspecified atom stereocenters. The molecule has 0 saturated carbocycles. The van der Waals surface area contributed by atoms with E-state index in [4.69, 9.17) is 16.3 Å². The number of amides is 1. The van der Waals surface area contributed by atoms with Gasteiger partial charge < -0.3 is 19.9 Å². The number of aromatic nitrogens is 2. The van der Waals surface area contributed by atoms with Crippen molar-refractivity contribution < 1.29 is 9.53 Å². The molecule has 0 atom stereocenters. The van der Waals surface area contributed by atoms with E-state index in [1.165, 1.54) is 0 Å². The van der Waals surface area contributed by atoms with Gasteiger partial charge in [-0.25, -0.2) is 9.97 Å². The van der Waals surface area contributed by atoms with Gasteiger partial charge in [0.05, 0.1) is 12.8 Å². The minimum Gasteiger partial charge on any atom is -0.495 e. The van der Waals surface area contributed by atoms with Crippen LogP contribution in [0.3, 0.4) is 0 Å². The Labute approximate surface area is 164 Å². The summed E-state index contributed by atoms with van der Waals surface area (Å²) in [5.41, 5.74) is 1.74. The number of rotatable bonds is 5. The molecule has 1 aliphatic rings. The fourth-order valence-corrected chi connectivity index (χ4v) is 3.23. The van der Waals surface area contributed by atoms with Gasteiger partial charge in [0, 0.05) is 36.9 Å². The third-order valence-corrected chi connectivity index (χ3v) is 4.82. The number of halogens is 1. The van der Waals surface area contributed by atoms with Crippen LogP contribution in [0.25, 0.3) is 0 Å². The molecular weight excluding hydrogens is 366 g/mol. The number of carbonyl (C=O) groups is 1. The van der Waals surface area contributed by atoms with Gasteiger partial charge in [0.1, 0.15) is 11.4 Å². The second-order valence-corrected chi connectivity index (χ2v) is 6.85. The summed E-state index contributed by atoms with van der Waals surface area (Å²) in [5, 5.41) is 3.67. The van der Waals surface area contributed by atoms with Crippen LogP contribution in [-0.2, 0) is 0 Å². The number of piperazine rings is 1. The number of likely N-dealkylation sites (N-methyl/N-ethyl adjacent to an activating group) is 1. The number of nitrogens with one attached hydrogen (secondary N) is 1. The van der Waals surface area contributed by atoms with Crippen LogP contribution < -0.4 is 10.1 Å². The summed E-state index contributed by atoms with van der Waals surface area (Å²) in [6.45, 7) is 8.17. The standard InChI is InChI=1S/C19H24ClN5O2/c1-4-24-7-9-25(10-8-24)18(26)16-11-13(2)21-19(23-16)22-15-12-14(20)5-6-17(15)27-3/h5-6,11-12H,4,7-10H2,1-3H3,(H,21,22,23). The summed E-state index contributed by atoms with van der Waals surface area (Å²) < 4.78 is 5.34. The molecule has 1 N–H and O–H groups in total. The third kappa shape index (κ3) is 4.67. The fraction of sp³-hybridized carbons (Fsp3) is 0.421. The lowest BCUT2D eigenvalue weighted by Gasteiger charge is -2.33. The van der Waals surface area contributed by atoms with E-state index < -0.39 is 0 Å². The molecule has 0 radical (unpaired) electrons. The van der Waals surface area contributed by atoms with Gasteiger partial charge in [-0.15, -0.1) is 0 Å². The number of hydrogen-bond donors (Lipinski definition) is 1. The molecule has 144 valence electrons. The maximum Gasteiger partial charge on any atom is 0.272 e. The molecule has 1 aliphatic heterocycles. The summed E-state index contributed by atoms with van der Waals surface area (Å²) in [7, 11) is 1.58. The maximum absolute atomic E-state index is 12.9. The summed E-state index contributed by atoms with van der Waals surface area (Å²) in [6, 6.07) is 6.96. The Morgan fingerprint density at radius 3 is 2.63 bits per heavy atom. The summed E-state index contributed by atoms with van der Waals surface area (Å²) in [5.74, 6) is 0.886. The SMILES string of the molecule is CCN1CCN(C(=O)c2cc(C)nc(Nc3cc(Cl)ccc3OC)n2)CC1. The molecule has 1 fully saturated rings. The molecule has 1 aromatic carbocycles. The average molecular weight is 390 g/mol. The predicted octanol–water partition coefficient (Wildman–Crippen LogP) is 2.97. The zero-order chi connectivity index (χ0) is 19.4. The quantitative estimate of drug-likeness (QED) is 0.847. The number of hydrogen-bond acceptors (Lipinski definition) is 6. The van der Waals surface area contributed by atoms with Crippen LogP contribution in [-0.4, -0.2) is 65.5 Å². The highest BCUT2D eigenvalue weighted by Crippen LogP contribution is 2.29. The van der Waals surface area contributed by atoms with E-state index in [1.807, 2.05) is 11.8 Å². The van der Waals surface area contributed by atoms with E-state index in [9.17, 15) is 4.79 Å². The molecule has 0 aliphatic carbocycles. The molecule has 2 heterocycles. The van der Waals surface area contributed by atoms with Gasteiger partial charge in [-0.1, -0.05) is 18.5 Å². The lowest BCUT2D eigenvalue weighted by Crippen LogP contribution is -2.48.